The van der Waals surface area contributed by atoms with Gasteiger partial charge in [-0.15, -0.1) is 0 Å². The van der Waals surface area contributed by atoms with Gasteiger partial charge in [-0.3, -0.25) is 4.79 Å². The Morgan fingerprint density at radius 3 is 2.44 bits per heavy atom. The van der Waals surface area contributed by atoms with Crippen LogP contribution in [0.25, 0.3) is 0 Å². The van der Waals surface area contributed by atoms with Gasteiger partial charge < -0.3 is 10.8 Å². The van der Waals surface area contributed by atoms with E-state index < -0.39 is 11.5 Å². The van der Waals surface area contributed by atoms with Gasteiger partial charge in [0.05, 0.1) is 5.60 Å². The zero-order chi connectivity index (χ0) is 12.2. The van der Waals surface area contributed by atoms with E-state index >= 15 is 0 Å². The number of carbonyl (C=O) groups excluding carboxylic acids is 1. The summed E-state index contributed by atoms with van der Waals surface area (Å²) < 4.78 is 12.7. The maximum atomic E-state index is 12.7. The molecule has 0 aliphatic heterocycles. The van der Waals surface area contributed by atoms with Crippen molar-refractivity contribution in [1.82, 2.24) is 0 Å². The molecule has 0 saturated carbocycles. The Labute approximate surface area is 94.1 Å². The van der Waals surface area contributed by atoms with Gasteiger partial charge in [-0.05, 0) is 30.5 Å². The van der Waals surface area contributed by atoms with Crippen LogP contribution in [0.1, 0.15) is 31.7 Å². The molecule has 0 spiro atoms. The van der Waals surface area contributed by atoms with Gasteiger partial charge in [0, 0.05) is 6.42 Å². The minimum Gasteiger partial charge on any atom is -0.385 e. The molecule has 1 rings (SSSR count). The van der Waals surface area contributed by atoms with Gasteiger partial charge in [0.1, 0.15) is 5.82 Å². The van der Waals surface area contributed by atoms with Gasteiger partial charge in [-0.2, -0.15) is 0 Å². The highest BCUT2D eigenvalue weighted by Gasteiger charge is 2.27. The summed E-state index contributed by atoms with van der Waals surface area (Å²) in [7, 11) is 0. The molecule has 0 unspecified atom stereocenters. The average Bonchev–Trinajstić information content (AvgIpc) is 2.27. The van der Waals surface area contributed by atoms with E-state index in [2.05, 4.69) is 0 Å². The molecular formula is C12H16FNO2. The first-order valence-corrected chi connectivity index (χ1v) is 5.24. The Balaban J connectivity index is 2.86. The lowest BCUT2D eigenvalue weighted by Gasteiger charge is -2.26. The standard InChI is InChI=1S/C12H16FNO2/c1-2-12(16,8-7-11(14)15)9-3-5-10(13)6-4-9/h3-6,16H,2,7-8H2,1H3,(H2,14,15)/t12-/m0/s1. The Hall–Kier alpha value is -1.42. The van der Waals surface area contributed by atoms with E-state index in [1.165, 1.54) is 24.3 Å². The summed E-state index contributed by atoms with van der Waals surface area (Å²) in [6.07, 6.45) is 0.818. The normalized spacial score (nSPS) is 14.4. The maximum Gasteiger partial charge on any atom is 0.217 e. The molecule has 0 fully saturated rings. The van der Waals surface area contributed by atoms with Crippen LogP contribution in [0.15, 0.2) is 24.3 Å². The molecule has 3 nitrogen and oxygen atoms in total. The number of carbonyl (C=O) groups is 1. The summed E-state index contributed by atoms with van der Waals surface area (Å²) in [5.74, 6) is -0.800. The topological polar surface area (TPSA) is 63.3 Å². The van der Waals surface area contributed by atoms with E-state index in [9.17, 15) is 14.3 Å². The Kier molecular flexibility index (Phi) is 4.01. The van der Waals surface area contributed by atoms with Crippen LogP contribution in [0.3, 0.4) is 0 Å². The molecule has 0 aromatic heterocycles. The number of hydrogen-bond acceptors (Lipinski definition) is 2. The van der Waals surface area contributed by atoms with Crippen molar-refractivity contribution in [3.8, 4) is 0 Å². The first kappa shape index (κ1) is 12.6. The van der Waals surface area contributed by atoms with Crippen molar-refractivity contribution in [3.63, 3.8) is 0 Å². The third-order valence-electron chi connectivity index (χ3n) is 2.75. The molecule has 1 amide bonds. The van der Waals surface area contributed by atoms with Crippen LogP contribution >= 0.6 is 0 Å². The number of amides is 1. The van der Waals surface area contributed by atoms with Crippen LogP contribution in [-0.4, -0.2) is 11.0 Å². The fourth-order valence-electron chi connectivity index (χ4n) is 1.62. The minimum atomic E-state index is -1.11. The van der Waals surface area contributed by atoms with Crippen LogP contribution in [-0.2, 0) is 10.4 Å². The molecule has 1 atom stereocenters. The minimum absolute atomic E-state index is 0.113. The molecule has 4 heteroatoms. The van der Waals surface area contributed by atoms with Crippen LogP contribution in [0.5, 0.6) is 0 Å². The second-order valence-electron chi connectivity index (χ2n) is 3.86. The smallest absolute Gasteiger partial charge is 0.217 e. The number of halogens is 1. The molecule has 1 aromatic rings. The zero-order valence-electron chi connectivity index (χ0n) is 9.24. The number of primary amides is 1. The summed E-state index contributed by atoms with van der Waals surface area (Å²) in [4.78, 5) is 10.7. The monoisotopic (exact) mass is 225 g/mol. The van der Waals surface area contributed by atoms with Crippen LogP contribution < -0.4 is 5.73 Å². The number of rotatable bonds is 5. The Morgan fingerprint density at radius 1 is 1.44 bits per heavy atom. The number of benzene rings is 1. The first-order valence-electron chi connectivity index (χ1n) is 5.24. The molecule has 1 aromatic carbocycles. The second-order valence-corrected chi connectivity index (χ2v) is 3.86. The molecule has 88 valence electrons. The summed E-state index contributed by atoms with van der Waals surface area (Å²) in [6.45, 7) is 1.81. The maximum absolute atomic E-state index is 12.7. The fraction of sp³-hybridized carbons (Fsp3) is 0.417. The van der Waals surface area contributed by atoms with E-state index in [1.54, 1.807) is 0 Å². The second kappa shape index (κ2) is 5.07. The van der Waals surface area contributed by atoms with Crippen LogP contribution in [0.4, 0.5) is 4.39 Å². The number of hydrogen-bond donors (Lipinski definition) is 2. The van der Waals surface area contributed by atoms with E-state index in [0.717, 1.165) is 0 Å². The van der Waals surface area contributed by atoms with Gasteiger partial charge >= 0.3 is 0 Å². The molecule has 3 N–H and O–H groups in total. The molecule has 0 saturated heterocycles. The third kappa shape index (κ3) is 3.03. The quantitative estimate of drug-likeness (QED) is 0.801. The highest BCUT2D eigenvalue weighted by Crippen LogP contribution is 2.29. The highest BCUT2D eigenvalue weighted by molar-refractivity contribution is 5.73. The fourth-order valence-corrected chi connectivity index (χ4v) is 1.62. The van der Waals surface area contributed by atoms with Gasteiger partial charge in [0.15, 0.2) is 0 Å². The lowest BCUT2D eigenvalue weighted by Crippen LogP contribution is -2.27. The van der Waals surface area contributed by atoms with Crippen molar-refractivity contribution in [2.75, 3.05) is 0 Å². The van der Waals surface area contributed by atoms with Crippen molar-refractivity contribution < 1.29 is 14.3 Å². The Morgan fingerprint density at radius 2 is 2.00 bits per heavy atom. The highest BCUT2D eigenvalue weighted by atomic mass is 19.1. The predicted molar refractivity (Wildman–Crippen MR) is 59.0 cm³/mol. The predicted octanol–water partition coefficient (Wildman–Crippen LogP) is 1.69. The van der Waals surface area contributed by atoms with Crippen molar-refractivity contribution in [1.29, 1.82) is 0 Å². The van der Waals surface area contributed by atoms with Crippen molar-refractivity contribution in [2.45, 2.75) is 31.8 Å². The lowest BCUT2D eigenvalue weighted by atomic mass is 9.86. The van der Waals surface area contributed by atoms with E-state index in [4.69, 9.17) is 5.73 Å². The number of nitrogens with two attached hydrogens (primary N) is 1. The van der Waals surface area contributed by atoms with Crippen molar-refractivity contribution in [3.05, 3.63) is 35.6 Å². The first-order chi connectivity index (χ1) is 7.48. The summed E-state index contributed by atoms with van der Waals surface area (Å²) in [5, 5.41) is 10.3. The SMILES string of the molecule is CC[C@](O)(CCC(N)=O)c1ccc(F)cc1. The molecule has 0 aliphatic rings. The molecular weight excluding hydrogens is 209 g/mol. The van der Waals surface area contributed by atoms with E-state index in [-0.39, 0.29) is 18.7 Å². The van der Waals surface area contributed by atoms with Gasteiger partial charge in [0.25, 0.3) is 0 Å². The summed E-state index contributed by atoms with van der Waals surface area (Å²) >= 11 is 0. The summed E-state index contributed by atoms with van der Waals surface area (Å²) in [5.41, 5.74) is 4.55. The number of aliphatic hydroxyl groups is 1. The summed E-state index contributed by atoms with van der Waals surface area (Å²) in [6, 6.07) is 5.64. The lowest BCUT2D eigenvalue weighted by molar-refractivity contribution is -0.119. The molecule has 16 heavy (non-hydrogen) atoms. The molecule has 0 aliphatic carbocycles. The van der Waals surface area contributed by atoms with E-state index in [0.29, 0.717) is 12.0 Å². The van der Waals surface area contributed by atoms with E-state index in [1.807, 2.05) is 6.92 Å². The molecule has 0 heterocycles. The van der Waals surface area contributed by atoms with Crippen molar-refractivity contribution in [2.24, 2.45) is 5.73 Å². The van der Waals surface area contributed by atoms with Crippen molar-refractivity contribution >= 4 is 5.91 Å². The largest absolute Gasteiger partial charge is 0.385 e. The Bertz CT molecular complexity index is 364. The molecule has 0 bridgehead atoms. The van der Waals surface area contributed by atoms with Crippen LogP contribution in [0.2, 0.25) is 0 Å². The van der Waals surface area contributed by atoms with Crippen LogP contribution in [0, 0.1) is 5.82 Å². The average molecular weight is 225 g/mol. The zero-order valence-corrected chi connectivity index (χ0v) is 9.24. The van der Waals surface area contributed by atoms with Gasteiger partial charge in [-0.25, -0.2) is 4.39 Å². The van der Waals surface area contributed by atoms with Gasteiger partial charge in [-0.1, -0.05) is 19.1 Å². The van der Waals surface area contributed by atoms with Gasteiger partial charge in [0.2, 0.25) is 5.91 Å². The molecule has 0 radical (unpaired) electrons. The third-order valence-corrected chi connectivity index (χ3v) is 2.75.